The van der Waals surface area contributed by atoms with Gasteiger partial charge in [-0.15, -0.1) is 0 Å². The SMILES string of the molecule is O=C(CN1CCN(S(=O)(=O)c2c[nH]c3ncccc23)CC1)Nc1cccc(Oc2ccccc2)c1. The Labute approximate surface area is 203 Å². The minimum atomic E-state index is -3.66. The number of para-hydroxylation sites is 1. The first-order valence-corrected chi connectivity index (χ1v) is 12.7. The van der Waals surface area contributed by atoms with Gasteiger partial charge in [0.1, 0.15) is 22.0 Å². The number of hydrogen-bond acceptors (Lipinski definition) is 6. The van der Waals surface area contributed by atoms with Crippen molar-refractivity contribution in [3.63, 3.8) is 0 Å². The van der Waals surface area contributed by atoms with Gasteiger partial charge in [0.05, 0.1) is 6.54 Å². The number of aromatic nitrogens is 2. The van der Waals surface area contributed by atoms with Crippen LogP contribution in [0.3, 0.4) is 0 Å². The molecule has 0 bridgehead atoms. The normalized spacial score (nSPS) is 15.2. The molecule has 1 amide bonds. The van der Waals surface area contributed by atoms with E-state index in [1.807, 2.05) is 47.4 Å². The first kappa shape index (κ1) is 23.0. The van der Waals surface area contributed by atoms with Crippen molar-refractivity contribution >= 4 is 32.7 Å². The topological polar surface area (TPSA) is 108 Å². The fraction of sp³-hybridized carbons (Fsp3) is 0.200. The Morgan fingerprint density at radius 1 is 0.971 bits per heavy atom. The molecular weight excluding hydrogens is 466 g/mol. The molecule has 0 aliphatic carbocycles. The molecule has 2 aromatic heterocycles. The Kier molecular flexibility index (Phi) is 6.49. The summed E-state index contributed by atoms with van der Waals surface area (Å²) in [4.78, 5) is 21.9. The van der Waals surface area contributed by atoms with Gasteiger partial charge < -0.3 is 15.0 Å². The molecule has 5 rings (SSSR count). The summed E-state index contributed by atoms with van der Waals surface area (Å²) < 4.78 is 33.6. The Hall–Kier alpha value is -3.73. The van der Waals surface area contributed by atoms with Crippen LogP contribution in [0.1, 0.15) is 0 Å². The third-order valence-corrected chi connectivity index (χ3v) is 7.76. The van der Waals surface area contributed by atoms with Gasteiger partial charge in [-0.3, -0.25) is 9.69 Å². The molecule has 2 aromatic carbocycles. The predicted molar refractivity (Wildman–Crippen MR) is 133 cm³/mol. The molecular formula is C25H25N5O4S. The number of sulfonamides is 1. The number of ether oxygens (including phenoxy) is 1. The molecule has 1 saturated heterocycles. The van der Waals surface area contributed by atoms with Crippen LogP contribution in [0, 0.1) is 0 Å². The van der Waals surface area contributed by atoms with Gasteiger partial charge in [0.25, 0.3) is 0 Å². The molecule has 2 N–H and O–H groups in total. The summed E-state index contributed by atoms with van der Waals surface area (Å²) in [5.41, 5.74) is 1.18. The fourth-order valence-electron chi connectivity index (χ4n) is 4.08. The van der Waals surface area contributed by atoms with Crippen LogP contribution in [0.15, 0.2) is 84.0 Å². The van der Waals surface area contributed by atoms with E-state index >= 15 is 0 Å². The molecule has 0 unspecified atom stereocenters. The van der Waals surface area contributed by atoms with E-state index in [2.05, 4.69) is 15.3 Å². The van der Waals surface area contributed by atoms with Crippen LogP contribution >= 0.6 is 0 Å². The van der Waals surface area contributed by atoms with Gasteiger partial charge in [0, 0.05) is 55.7 Å². The number of H-pyrrole nitrogens is 1. The number of anilines is 1. The second-order valence-electron chi connectivity index (χ2n) is 8.22. The number of nitrogens with zero attached hydrogens (tertiary/aromatic N) is 3. The molecule has 1 aliphatic heterocycles. The van der Waals surface area contributed by atoms with Crippen LogP contribution in [0.4, 0.5) is 5.69 Å². The maximum atomic E-state index is 13.2. The number of aromatic amines is 1. The number of rotatable bonds is 7. The monoisotopic (exact) mass is 491 g/mol. The molecule has 180 valence electrons. The fourth-order valence-corrected chi connectivity index (χ4v) is 5.65. The van der Waals surface area contributed by atoms with Gasteiger partial charge >= 0.3 is 0 Å². The molecule has 4 aromatic rings. The number of nitrogens with one attached hydrogen (secondary N) is 2. The summed E-state index contributed by atoms with van der Waals surface area (Å²) in [5.74, 6) is 1.17. The van der Waals surface area contributed by atoms with Crippen molar-refractivity contribution in [2.75, 3.05) is 38.0 Å². The van der Waals surface area contributed by atoms with E-state index in [9.17, 15) is 13.2 Å². The Morgan fingerprint density at radius 3 is 2.54 bits per heavy atom. The lowest BCUT2D eigenvalue weighted by Gasteiger charge is -2.33. The Bertz CT molecular complexity index is 1430. The maximum Gasteiger partial charge on any atom is 0.245 e. The summed E-state index contributed by atoms with van der Waals surface area (Å²) in [7, 11) is -3.66. The molecule has 0 radical (unpaired) electrons. The van der Waals surface area contributed by atoms with Crippen molar-refractivity contribution in [1.82, 2.24) is 19.2 Å². The second kappa shape index (κ2) is 9.87. The first-order chi connectivity index (χ1) is 17.0. The van der Waals surface area contributed by atoms with Crippen molar-refractivity contribution in [1.29, 1.82) is 0 Å². The summed E-state index contributed by atoms with van der Waals surface area (Å²) >= 11 is 0. The molecule has 35 heavy (non-hydrogen) atoms. The molecule has 3 heterocycles. The smallest absolute Gasteiger partial charge is 0.245 e. The van der Waals surface area contributed by atoms with Gasteiger partial charge in [0.15, 0.2) is 0 Å². The maximum absolute atomic E-state index is 13.2. The van der Waals surface area contributed by atoms with Crippen molar-refractivity contribution in [2.45, 2.75) is 4.90 Å². The zero-order valence-electron chi connectivity index (χ0n) is 18.9. The summed E-state index contributed by atoms with van der Waals surface area (Å²) in [5, 5.41) is 3.47. The number of benzene rings is 2. The van der Waals surface area contributed by atoms with Gasteiger partial charge in [0.2, 0.25) is 15.9 Å². The van der Waals surface area contributed by atoms with Gasteiger partial charge in [-0.1, -0.05) is 24.3 Å². The summed E-state index contributed by atoms with van der Waals surface area (Å²) in [6.07, 6.45) is 3.11. The Morgan fingerprint density at radius 2 is 1.74 bits per heavy atom. The second-order valence-corrected chi connectivity index (χ2v) is 10.1. The number of fused-ring (bicyclic) bond motifs is 1. The van der Waals surface area contributed by atoms with E-state index in [1.54, 1.807) is 30.5 Å². The van der Waals surface area contributed by atoms with Gasteiger partial charge in [-0.25, -0.2) is 13.4 Å². The van der Waals surface area contributed by atoms with E-state index in [1.165, 1.54) is 10.5 Å². The minimum Gasteiger partial charge on any atom is -0.457 e. The van der Waals surface area contributed by atoms with E-state index < -0.39 is 10.0 Å². The number of carbonyl (C=O) groups excluding carboxylic acids is 1. The van der Waals surface area contributed by atoms with Crippen molar-refractivity contribution in [3.8, 4) is 11.5 Å². The highest BCUT2D eigenvalue weighted by atomic mass is 32.2. The number of amides is 1. The van der Waals surface area contributed by atoms with Crippen LogP contribution in [-0.2, 0) is 14.8 Å². The molecule has 9 nitrogen and oxygen atoms in total. The lowest BCUT2D eigenvalue weighted by atomic mass is 10.3. The van der Waals surface area contributed by atoms with Crippen molar-refractivity contribution in [2.24, 2.45) is 0 Å². The van der Waals surface area contributed by atoms with Crippen molar-refractivity contribution < 1.29 is 17.9 Å². The van der Waals surface area contributed by atoms with Crippen molar-refractivity contribution in [3.05, 3.63) is 79.1 Å². The number of carbonyl (C=O) groups is 1. The predicted octanol–water partition coefficient (Wildman–Crippen LogP) is 3.30. The standard InChI is InChI=1S/C25H25N5O4S/c31-24(28-19-6-4-9-21(16-19)34-20-7-2-1-3-8-20)18-29-12-14-30(15-13-29)35(32,33)23-17-27-25-22(23)10-5-11-26-25/h1-11,16-17H,12-15,18H2,(H,26,27)(H,28,31). The molecule has 10 heteroatoms. The molecule has 0 spiro atoms. The zero-order valence-corrected chi connectivity index (χ0v) is 19.7. The highest BCUT2D eigenvalue weighted by Gasteiger charge is 2.31. The Balaban J connectivity index is 1.16. The minimum absolute atomic E-state index is 0.166. The highest BCUT2D eigenvalue weighted by molar-refractivity contribution is 7.89. The molecule has 0 saturated carbocycles. The highest BCUT2D eigenvalue weighted by Crippen LogP contribution is 2.26. The molecule has 1 aliphatic rings. The van der Waals surface area contributed by atoms with Crippen LogP contribution in [-0.4, -0.2) is 66.2 Å². The quantitative estimate of drug-likeness (QED) is 0.411. The van der Waals surface area contributed by atoms with Crippen LogP contribution in [0.5, 0.6) is 11.5 Å². The zero-order chi connectivity index (χ0) is 24.3. The third kappa shape index (κ3) is 5.19. The third-order valence-electron chi connectivity index (χ3n) is 5.83. The summed E-state index contributed by atoms with van der Waals surface area (Å²) in [6, 6.07) is 20.1. The van der Waals surface area contributed by atoms with Crippen LogP contribution in [0.2, 0.25) is 0 Å². The van der Waals surface area contributed by atoms with E-state index in [4.69, 9.17) is 4.74 Å². The largest absolute Gasteiger partial charge is 0.457 e. The first-order valence-electron chi connectivity index (χ1n) is 11.3. The average Bonchev–Trinajstić information content (AvgIpc) is 3.30. The van der Waals surface area contributed by atoms with E-state index in [0.717, 1.165) is 0 Å². The van der Waals surface area contributed by atoms with Crippen LogP contribution in [0.25, 0.3) is 11.0 Å². The number of pyridine rings is 1. The lowest BCUT2D eigenvalue weighted by Crippen LogP contribution is -2.50. The summed E-state index contributed by atoms with van der Waals surface area (Å²) in [6.45, 7) is 1.72. The average molecular weight is 492 g/mol. The molecule has 1 fully saturated rings. The van der Waals surface area contributed by atoms with E-state index in [-0.39, 0.29) is 17.3 Å². The van der Waals surface area contributed by atoms with Gasteiger partial charge in [-0.05, 0) is 36.4 Å². The lowest BCUT2D eigenvalue weighted by molar-refractivity contribution is -0.117. The van der Waals surface area contributed by atoms with Crippen LogP contribution < -0.4 is 10.1 Å². The van der Waals surface area contributed by atoms with Gasteiger partial charge in [-0.2, -0.15) is 4.31 Å². The number of hydrogen-bond donors (Lipinski definition) is 2. The van der Waals surface area contributed by atoms with E-state index in [0.29, 0.717) is 54.4 Å². The molecule has 0 atom stereocenters. The number of piperazine rings is 1.